The normalized spacial score (nSPS) is 22.4. The lowest BCUT2D eigenvalue weighted by Gasteiger charge is -2.37. The molecule has 0 amide bonds. The molecule has 0 radical (unpaired) electrons. The molecule has 0 spiro atoms. The van der Waals surface area contributed by atoms with Gasteiger partial charge in [-0.05, 0) is 54.7 Å². The fraction of sp³-hybridized carbons (Fsp3) is 0.632. The van der Waals surface area contributed by atoms with E-state index in [1.807, 2.05) is 24.3 Å². The van der Waals surface area contributed by atoms with Crippen LogP contribution in [0, 0.1) is 11.3 Å². The number of ether oxygens (including phenoxy) is 1. The molecule has 22 heavy (non-hydrogen) atoms. The SMILES string of the molecule is COC(=O)c1ccc(CN[C@H]2CC[C@@H](C(C)(C)C)CC2)cc1. The Morgan fingerprint density at radius 2 is 1.73 bits per heavy atom. The molecule has 1 aliphatic carbocycles. The van der Waals surface area contributed by atoms with E-state index >= 15 is 0 Å². The number of hydrogen-bond donors (Lipinski definition) is 1. The topological polar surface area (TPSA) is 38.3 Å². The van der Waals surface area contributed by atoms with Gasteiger partial charge in [0.2, 0.25) is 0 Å². The number of carbonyl (C=O) groups excluding carboxylic acids is 1. The van der Waals surface area contributed by atoms with E-state index in [1.165, 1.54) is 38.4 Å². The van der Waals surface area contributed by atoms with Crippen molar-refractivity contribution >= 4 is 5.97 Å². The molecule has 0 bridgehead atoms. The summed E-state index contributed by atoms with van der Waals surface area (Å²) in [6.07, 6.45) is 5.18. The van der Waals surface area contributed by atoms with E-state index < -0.39 is 0 Å². The van der Waals surface area contributed by atoms with Crippen LogP contribution in [0.3, 0.4) is 0 Å². The molecule has 0 aliphatic heterocycles. The van der Waals surface area contributed by atoms with Crippen LogP contribution in [0.1, 0.15) is 62.4 Å². The van der Waals surface area contributed by atoms with Crippen LogP contribution in [-0.2, 0) is 11.3 Å². The highest BCUT2D eigenvalue weighted by atomic mass is 16.5. The predicted octanol–water partition coefficient (Wildman–Crippen LogP) is 4.17. The quantitative estimate of drug-likeness (QED) is 0.849. The third-order valence-corrected chi connectivity index (χ3v) is 4.92. The van der Waals surface area contributed by atoms with Crippen LogP contribution in [0.15, 0.2) is 24.3 Å². The fourth-order valence-electron chi connectivity index (χ4n) is 3.30. The lowest BCUT2D eigenvalue weighted by molar-refractivity contribution is 0.0600. The molecular formula is C19H29NO2. The summed E-state index contributed by atoms with van der Waals surface area (Å²) in [5.74, 6) is 0.574. The number of rotatable bonds is 4. The van der Waals surface area contributed by atoms with Gasteiger partial charge < -0.3 is 10.1 Å². The summed E-state index contributed by atoms with van der Waals surface area (Å²) in [6, 6.07) is 8.29. The van der Waals surface area contributed by atoms with Crippen molar-refractivity contribution in [2.45, 2.75) is 59.0 Å². The lowest BCUT2D eigenvalue weighted by atomic mass is 9.71. The van der Waals surface area contributed by atoms with E-state index in [2.05, 4.69) is 26.1 Å². The van der Waals surface area contributed by atoms with Crippen molar-refractivity contribution in [1.82, 2.24) is 5.32 Å². The zero-order valence-electron chi connectivity index (χ0n) is 14.3. The first-order valence-corrected chi connectivity index (χ1v) is 8.31. The first kappa shape index (κ1) is 17.0. The average molecular weight is 303 g/mol. The predicted molar refractivity (Wildman–Crippen MR) is 89.8 cm³/mol. The summed E-state index contributed by atoms with van der Waals surface area (Å²) < 4.78 is 4.71. The second-order valence-corrected chi connectivity index (χ2v) is 7.48. The number of methoxy groups -OCH3 is 1. The summed E-state index contributed by atoms with van der Waals surface area (Å²) in [7, 11) is 1.41. The van der Waals surface area contributed by atoms with Gasteiger partial charge in [0.05, 0.1) is 12.7 Å². The van der Waals surface area contributed by atoms with Gasteiger partial charge in [-0.25, -0.2) is 4.79 Å². The first-order valence-electron chi connectivity index (χ1n) is 8.31. The van der Waals surface area contributed by atoms with Crippen molar-refractivity contribution in [3.8, 4) is 0 Å². The Morgan fingerprint density at radius 1 is 1.14 bits per heavy atom. The van der Waals surface area contributed by atoms with Crippen molar-refractivity contribution in [1.29, 1.82) is 0 Å². The summed E-state index contributed by atoms with van der Waals surface area (Å²) in [4.78, 5) is 11.4. The largest absolute Gasteiger partial charge is 0.465 e. The van der Waals surface area contributed by atoms with Crippen LogP contribution in [0.5, 0.6) is 0 Å². The second kappa shape index (κ2) is 7.28. The van der Waals surface area contributed by atoms with Gasteiger partial charge in [0.25, 0.3) is 0 Å². The highest BCUT2D eigenvalue weighted by Gasteiger charge is 2.29. The van der Waals surface area contributed by atoms with E-state index in [0.29, 0.717) is 17.0 Å². The molecule has 3 heteroatoms. The Hall–Kier alpha value is -1.35. The summed E-state index contributed by atoms with van der Waals surface area (Å²) in [5.41, 5.74) is 2.26. The fourth-order valence-corrected chi connectivity index (χ4v) is 3.30. The molecule has 0 saturated heterocycles. The molecule has 1 aliphatic rings. The van der Waals surface area contributed by atoms with Gasteiger partial charge in [0.1, 0.15) is 0 Å². The maximum absolute atomic E-state index is 11.4. The van der Waals surface area contributed by atoms with Crippen molar-refractivity contribution in [2.24, 2.45) is 11.3 Å². The van der Waals surface area contributed by atoms with Crippen LogP contribution in [0.25, 0.3) is 0 Å². The van der Waals surface area contributed by atoms with Crippen LogP contribution in [0.2, 0.25) is 0 Å². The van der Waals surface area contributed by atoms with Gasteiger partial charge in [-0.1, -0.05) is 32.9 Å². The number of benzene rings is 1. The minimum atomic E-state index is -0.278. The van der Waals surface area contributed by atoms with Gasteiger partial charge in [0, 0.05) is 12.6 Å². The molecule has 1 fully saturated rings. The van der Waals surface area contributed by atoms with Crippen LogP contribution in [-0.4, -0.2) is 19.1 Å². The summed E-state index contributed by atoms with van der Waals surface area (Å²) in [5, 5.41) is 3.66. The van der Waals surface area contributed by atoms with Crippen molar-refractivity contribution in [3.05, 3.63) is 35.4 Å². The number of esters is 1. The molecule has 122 valence electrons. The number of carbonyl (C=O) groups is 1. The minimum absolute atomic E-state index is 0.278. The molecule has 0 heterocycles. The zero-order valence-corrected chi connectivity index (χ0v) is 14.3. The molecule has 0 unspecified atom stereocenters. The summed E-state index contributed by atoms with van der Waals surface area (Å²) >= 11 is 0. The van der Waals surface area contributed by atoms with Gasteiger partial charge in [-0.3, -0.25) is 0 Å². The van der Waals surface area contributed by atoms with E-state index in [9.17, 15) is 4.79 Å². The highest BCUT2D eigenvalue weighted by Crippen LogP contribution is 2.37. The molecule has 2 rings (SSSR count). The Kier molecular flexibility index (Phi) is 5.63. The standard InChI is InChI=1S/C19H29NO2/c1-19(2,3)16-9-11-17(12-10-16)20-13-14-5-7-15(8-6-14)18(21)22-4/h5-8,16-17,20H,9-13H2,1-4H3/t16-,17+. The monoisotopic (exact) mass is 303 g/mol. The minimum Gasteiger partial charge on any atom is -0.465 e. The number of hydrogen-bond acceptors (Lipinski definition) is 3. The summed E-state index contributed by atoms with van der Waals surface area (Å²) in [6.45, 7) is 7.93. The molecule has 0 aromatic heterocycles. The van der Waals surface area contributed by atoms with E-state index in [0.717, 1.165) is 12.5 Å². The zero-order chi connectivity index (χ0) is 16.2. The third kappa shape index (κ3) is 4.57. The van der Waals surface area contributed by atoms with Crippen molar-refractivity contribution in [2.75, 3.05) is 7.11 Å². The van der Waals surface area contributed by atoms with Gasteiger partial charge in [0.15, 0.2) is 0 Å². The molecule has 0 atom stereocenters. The Morgan fingerprint density at radius 3 is 2.23 bits per heavy atom. The Labute approximate surface area is 134 Å². The van der Waals surface area contributed by atoms with E-state index in [4.69, 9.17) is 4.74 Å². The van der Waals surface area contributed by atoms with Gasteiger partial charge in [-0.2, -0.15) is 0 Å². The first-order chi connectivity index (χ1) is 10.4. The third-order valence-electron chi connectivity index (χ3n) is 4.92. The van der Waals surface area contributed by atoms with Crippen LogP contribution >= 0.6 is 0 Å². The van der Waals surface area contributed by atoms with Gasteiger partial charge in [-0.15, -0.1) is 0 Å². The Balaban J connectivity index is 1.78. The van der Waals surface area contributed by atoms with Crippen molar-refractivity contribution < 1.29 is 9.53 Å². The molecule has 1 saturated carbocycles. The smallest absolute Gasteiger partial charge is 0.337 e. The van der Waals surface area contributed by atoms with Gasteiger partial charge >= 0.3 is 5.97 Å². The average Bonchev–Trinajstić information content (AvgIpc) is 2.52. The maximum atomic E-state index is 11.4. The molecular weight excluding hydrogens is 274 g/mol. The molecule has 1 N–H and O–H groups in total. The number of nitrogens with one attached hydrogen (secondary N) is 1. The Bertz CT molecular complexity index is 479. The lowest BCUT2D eigenvalue weighted by Crippen LogP contribution is -2.35. The molecule has 1 aromatic carbocycles. The molecule has 1 aromatic rings. The van der Waals surface area contributed by atoms with Crippen LogP contribution < -0.4 is 5.32 Å². The van der Waals surface area contributed by atoms with E-state index in [1.54, 1.807) is 0 Å². The molecule has 3 nitrogen and oxygen atoms in total. The van der Waals surface area contributed by atoms with Crippen molar-refractivity contribution in [3.63, 3.8) is 0 Å². The van der Waals surface area contributed by atoms with Crippen LogP contribution in [0.4, 0.5) is 0 Å². The maximum Gasteiger partial charge on any atom is 0.337 e. The van der Waals surface area contributed by atoms with E-state index in [-0.39, 0.29) is 5.97 Å². The highest BCUT2D eigenvalue weighted by molar-refractivity contribution is 5.89. The second-order valence-electron chi connectivity index (χ2n) is 7.48.